The highest BCUT2D eigenvalue weighted by Gasteiger charge is 2.35. The number of carbonyl (C=O) groups is 2. The third-order valence-corrected chi connectivity index (χ3v) is 3.54. The van der Waals surface area contributed by atoms with Crippen LogP contribution in [0.25, 0.3) is 0 Å². The summed E-state index contributed by atoms with van der Waals surface area (Å²) >= 11 is 0. The van der Waals surface area contributed by atoms with Gasteiger partial charge in [-0.25, -0.2) is 4.79 Å². The van der Waals surface area contributed by atoms with Gasteiger partial charge in [-0.1, -0.05) is 18.2 Å². The number of carboxylic acids is 1. The molecule has 18 heavy (non-hydrogen) atoms. The van der Waals surface area contributed by atoms with Gasteiger partial charge in [-0.15, -0.1) is 0 Å². The minimum absolute atomic E-state index is 0.0689. The highest BCUT2D eigenvalue weighted by molar-refractivity contribution is 5.87. The zero-order valence-corrected chi connectivity index (χ0v) is 10.6. The second kappa shape index (κ2) is 4.80. The van der Waals surface area contributed by atoms with Crippen molar-refractivity contribution in [3.8, 4) is 0 Å². The lowest BCUT2D eigenvalue weighted by atomic mass is 10.1. The topological polar surface area (TPSA) is 57.6 Å². The fraction of sp³-hybridized carbons (Fsp3) is 0.429. The van der Waals surface area contributed by atoms with Crippen LogP contribution in [0.15, 0.2) is 18.2 Å². The molecule has 1 atom stereocenters. The number of carbonyl (C=O) groups excluding carboxylic acids is 1. The fourth-order valence-corrected chi connectivity index (χ4v) is 2.29. The number of carboxylic acid groups (broad SMARTS) is 1. The van der Waals surface area contributed by atoms with Gasteiger partial charge in [0.25, 0.3) is 0 Å². The van der Waals surface area contributed by atoms with Crippen molar-refractivity contribution in [2.24, 2.45) is 0 Å². The molecule has 1 unspecified atom stereocenters. The number of benzene rings is 1. The summed E-state index contributed by atoms with van der Waals surface area (Å²) in [5.74, 6) is -0.981. The van der Waals surface area contributed by atoms with Crippen LogP contribution in [0.4, 0.5) is 0 Å². The normalized spacial score (nSPS) is 19.3. The van der Waals surface area contributed by atoms with Crippen molar-refractivity contribution < 1.29 is 14.7 Å². The first-order chi connectivity index (χ1) is 8.49. The van der Waals surface area contributed by atoms with Gasteiger partial charge in [0.2, 0.25) is 5.91 Å². The minimum atomic E-state index is -0.912. The summed E-state index contributed by atoms with van der Waals surface area (Å²) in [6, 6.07) is 5.30. The Morgan fingerprint density at radius 3 is 2.72 bits per heavy atom. The van der Waals surface area contributed by atoms with Crippen LogP contribution >= 0.6 is 0 Å². The van der Waals surface area contributed by atoms with E-state index in [2.05, 4.69) is 0 Å². The molecule has 0 radical (unpaired) electrons. The lowest BCUT2D eigenvalue weighted by molar-refractivity contribution is -0.146. The zero-order valence-electron chi connectivity index (χ0n) is 10.6. The summed E-state index contributed by atoms with van der Waals surface area (Å²) in [6.45, 7) is 4.43. The number of hydrogen-bond acceptors (Lipinski definition) is 2. The number of aliphatic carboxylic acids is 1. The fourth-order valence-electron chi connectivity index (χ4n) is 2.29. The molecule has 0 spiro atoms. The maximum atomic E-state index is 11.7. The summed E-state index contributed by atoms with van der Waals surface area (Å²) in [7, 11) is 0. The van der Waals surface area contributed by atoms with Crippen LogP contribution in [0, 0.1) is 13.8 Å². The van der Waals surface area contributed by atoms with E-state index >= 15 is 0 Å². The first-order valence-corrected chi connectivity index (χ1v) is 6.07. The third kappa shape index (κ3) is 2.37. The Labute approximate surface area is 106 Å². The van der Waals surface area contributed by atoms with E-state index in [9.17, 15) is 9.59 Å². The van der Waals surface area contributed by atoms with Crippen LogP contribution in [-0.2, 0) is 16.1 Å². The molecule has 1 aliphatic heterocycles. The van der Waals surface area contributed by atoms with E-state index in [1.165, 1.54) is 10.5 Å². The van der Waals surface area contributed by atoms with Gasteiger partial charge in [0.15, 0.2) is 0 Å². The lowest BCUT2D eigenvalue weighted by Crippen LogP contribution is -2.37. The maximum Gasteiger partial charge on any atom is 0.326 e. The Morgan fingerprint density at radius 2 is 2.11 bits per heavy atom. The molecule has 0 bridgehead atoms. The Balaban J connectivity index is 2.18. The molecule has 96 valence electrons. The number of hydrogen-bond donors (Lipinski definition) is 1. The van der Waals surface area contributed by atoms with Crippen molar-refractivity contribution in [3.05, 3.63) is 34.9 Å². The molecule has 1 heterocycles. The van der Waals surface area contributed by atoms with Crippen LogP contribution in [0.1, 0.15) is 29.5 Å². The van der Waals surface area contributed by atoms with E-state index in [0.717, 1.165) is 11.1 Å². The predicted molar refractivity (Wildman–Crippen MR) is 67.1 cm³/mol. The Bertz CT molecular complexity index is 496. The molecular formula is C14H17NO3. The molecule has 2 rings (SSSR count). The van der Waals surface area contributed by atoms with Crippen molar-refractivity contribution >= 4 is 11.9 Å². The monoisotopic (exact) mass is 247 g/mol. The molecule has 1 aromatic carbocycles. The lowest BCUT2D eigenvalue weighted by Gasteiger charge is -2.22. The largest absolute Gasteiger partial charge is 0.480 e. The number of amides is 1. The Kier molecular flexibility index (Phi) is 3.36. The van der Waals surface area contributed by atoms with Crippen LogP contribution in [0.3, 0.4) is 0 Å². The quantitative estimate of drug-likeness (QED) is 0.887. The zero-order chi connectivity index (χ0) is 13.3. The molecule has 1 saturated heterocycles. The van der Waals surface area contributed by atoms with E-state index in [0.29, 0.717) is 19.4 Å². The van der Waals surface area contributed by atoms with Gasteiger partial charge in [0, 0.05) is 13.0 Å². The first kappa shape index (κ1) is 12.6. The molecule has 0 saturated carbocycles. The smallest absolute Gasteiger partial charge is 0.326 e. The van der Waals surface area contributed by atoms with Gasteiger partial charge in [-0.3, -0.25) is 4.79 Å². The molecule has 1 N–H and O–H groups in total. The standard InChI is InChI=1S/C14H17NO3/c1-9-3-4-11(7-10(9)2)8-15-12(14(17)18)5-6-13(15)16/h3-4,7,12H,5-6,8H2,1-2H3,(H,17,18). The second-order valence-corrected chi connectivity index (χ2v) is 4.83. The summed E-state index contributed by atoms with van der Waals surface area (Å²) in [6.07, 6.45) is 0.751. The molecule has 1 amide bonds. The summed E-state index contributed by atoms with van der Waals surface area (Å²) in [4.78, 5) is 24.2. The van der Waals surface area contributed by atoms with Crippen molar-refractivity contribution in [1.82, 2.24) is 4.90 Å². The predicted octanol–water partition coefficient (Wildman–Crippen LogP) is 1.88. The number of nitrogens with zero attached hydrogens (tertiary/aromatic N) is 1. The van der Waals surface area contributed by atoms with E-state index in [-0.39, 0.29) is 5.91 Å². The van der Waals surface area contributed by atoms with E-state index in [1.54, 1.807) is 0 Å². The van der Waals surface area contributed by atoms with Gasteiger partial charge >= 0.3 is 5.97 Å². The maximum absolute atomic E-state index is 11.7. The van der Waals surface area contributed by atoms with Crippen LogP contribution in [-0.4, -0.2) is 27.9 Å². The van der Waals surface area contributed by atoms with E-state index in [1.807, 2.05) is 32.0 Å². The van der Waals surface area contributed by atoms with Gasteiger partial charge in [0.05, 0.1) is 0 Å². The van der Waals surface area contributed by atoms with Crippen molar-refractivity contribution in [1.29, 1.82) is 0 Å². The molecule has 1 aromatic rings. The molecule has 4 nitrogen and oxygen atoms in total. The summed E-state index contributed by atoms with van der Waals surface area (Å²) in [5.41, 5.74) is 3.34. The minimum Gasteiger partial charge on any atom is -0.480 e. The van der Waals surface area contributed by atoms with Gasteiger partial charge in [-0.05, 0) is 37.0 Å². The van der Waals surface area contributed by atoms with E-state index in [4.69, 9.17) is 5.11 Å². The summed E-state index contributed by atoms with van der Waals surface area (Å²) < 4.78 is 0. The molecule has 0 aliphatic carbocycles. The number of likely N-dealkylation sites (tertiary alicyclic amines) is 1. The van der Waals surface area contributed by atoms with Gasteiger partial charge in [0.1, 0.15) is 6.04 Å². The summed E-state index contributed by atoms with van der Waals surface area (Å²) in [5, 5.41) is 9.08. The first-order valence-electron chi connectivity index (χ1n) is 6.07. The van der Waals surface area contributed by atoms with Crippen LogP contribution in [0.2, 0.25) is 0 Å². The van der Waals surface area contributed by atoms with Crippen LogP contribution in [0.5, 0.6) is 0 Å². The molecule has 0 aromatic heterocycles. The molecule has 1 fully saturated rings. The Hall–Kier alpha value is -1.84. The highest BCUT2D eigenvalue weighted by atomic mass is 16.4. The average Bonchev–Trinajstić information content (AvgIpc) is 2.66. The van der Waals surface area contributed by atoms with E-state index < -0.39 is 12.0 Å². The number of aryl methyl sites for hydroxylation is 2. The van der Waals surface area contributed by atoms with Crippen LogP contribution < -0.4 is 0 Å². The van der Waals surface area contributed by atoms with Gasteiger partial charge in [-0.2, -0.15) is 0 Å². The second-order valence-electron chi connectivity index (χ2n) is 4.83. The SMILES string of the molecule is Cc1ccc(CN2C(=O)CCC2C(=O)O)cc1C. The van der Waals surface area contributed by atoms with Crippen molar-refractivity contribution in [2.45, 2.75) is 39.3 Å². The Morgan fingerprint density at radius 1 is 1.39 bits per heavy atom. The average molecular weight is 247 g/mol. The molecule has 1 aliphatic rings. The van der Waals surface area contributed by atoms with Gasteiger partial charge < -0.3 is 10.0 Å². The van der Waals surface area contributed by atoms with Crippen molar-refractivity contribution in [2.75, 3.05) is 0 Å². The molecular weight excluding hydrogens is 230 g/mol. The number of rotatable bonds is 3. The third-order valence-electron chi connectivity index (χ3n) is 3.54. The molecule has 4 heteroatoms. The van der Waals surface area contributed by atoms with Crippen molar-refractivity contribution in [3.63, 3.8) is 0 Å². The highest BCUT2D eigenvalue weighted by Crippen LogP contribution is 2.22.